The van der Waals surface area contributed by atoms with E-state index in [9.17, 15) is 0 Å². The van der Waals surface area contributed by atoms with Crippen molar-refractivity contribution in [2.75, 3.05) is 25.0 Å². The van der Waals surface area contributed by atoms with Crippen LogP contribution in [0.25, 0.3) is 0 Å². The Morgan fingerprint density at radius 1 is 1.53 bits per heavy atom. The fourth-order valence-corrected chi connectivity index (χ4v) is 1.28. The summed E-state index contributed by atoms with van der Waals surface area (Å²) in [4.78, 5) is 4.09. The van der Waals surface area contributed by atoms with Crippen LogP contribution >= 0.6 is 11.6 Å². The zero-order valence-corrected chi connectivity index (χ0v) is 9.46. The molecular formula is C10H16ClN3O. The van der Waals surface area contributed by atoms with E-state index in [1.807, 2.05) is 0 Å². The van der Waals surface area contributed by atoms with Crippen LogP contribution in [-0.4, -0.2) is 35.8 Å². The normalized spacial score (nSPS) is 12.5. The van der Waals surface area contributed by atoms with Crippen molar-refractivity contribution in [2.45, 2.75) is 13.0 Å². The number of hydrogen-bond donors (Lipinski definition) is 3. The molecule has 15 heavy (non-hydrogen) atoms. The molecule has 0 fully saturated rings. The summed E-state index contributed by atoms with van der Waals surface area (Å²) in [6.07, 6.45) is 1.38. The van der Waals surface area contributed by atoms with Crippen LogP contribution in [0.1, 0.15) is 6.92 Å². The molecule has 5 heteroatoms. The molecule has 1 aromatic heterocycles. The van der Waals surface area contributed by atoms with Gasteiger partial charge in [-0.05, 0) is 19.1 Å². The van der Waals surface area contributed by atoms with Gasteiger partial charge in [-0.1, -0.05) is 11.6 Å². The lowest BCUT2D eigenvalue weighted by Crippen LogP contribution is -2.29. The van der Waals surface area contributed by atoms with Crippen molar-refractivity contribution in [2.24, 2.45) is 0 Å². The Morgan fingerprint density at radius 2 is 2.33 bits per heavy atom. The summed E-state index contributed by atoms with van der Waals surface area (Å²) in [5.41, 5.74) is 0. The molecule has 1 heterocycles. The van der Waals surface area contributed by atoms with Crippen LogP contribution in [0, 0.1) is 0 Å². The number of aliphatic hydroxyl groups is 1. The highest BCUT2D eigenvalue weighted by molar-refractivity contribution is 6.32. The molecule has 1 rings (SSSR count). The van der Waals surface area contributed by atoms with Crippen LogP contribution in [-0.2, 0) is 0 Å². The van der Waals surface area contributed by atoms with E-state index in [0.29, 0.717) is 17.4 Å². The molecule has 0 aromatic carbocycles. The number of hydrogen-bond acceptors (Lipinski definition) is 4. The Morgan fingerprint density at radius 3 is 3.00 bits per heavy atom. The van der Waals surface area contributed by atoms with E-state index in [1.54, 1.807) is 25.3 Å². The average molecular weight is 230 g/mol. The van der Waals surface area contributed by atoms with Gasteiger partial charge in [-0.15, -0.1) is 0 Å². The van der Waals surface area contributed by atoms with Crippen LogP contribution in [0.4, 0.5) is 5.82 Å². The SMILES string of the molecule is CC(O)CNCCNc1ncccc1Cl. The van der Waals surface area contributed by atoms with E-state index in [0.717, 1.165) is 13.1 Å². The number of rotatable bonds is 6. The molecule has 0 amide bonds. The van der Waals surface area contributed by atoms with Gasteiger partial charge < -0.3 is 15.7 Å². The molecule has 0 saturated carbocycles. The van der Waals surface area contributed by atoms with Gasteiger partial charge in [0.05, 0.1) is 11.1 Å². The summed E-state index contributed by atoms with van der Waals surface area (Å²) in [7, 11) is 0. The summed E-state index contributed by atoms with van der Waals surface area (Å²) >= 11 is 5.90. The van der Waals surface area contributed by atoms with Gasteiger partial charge in [0.15, 0.2) is 0 Å². The minimum atomic E-state index is -0.316. The van der Waals surface area contributed by atoms with Gasteiger partial charge in [-0.25, -0.2) is 4.98 Å². The Bertz CT molecular complexity index is 294. The molecule has 4 nitrogen and oxygen atoms in total. The zero-order chi connectivity index (χ0) is 11.1. The number of halogens is 1. The number of nitrogens with one attached hydrogen (secondary N) is 2. The Labute approximate surface area is 94.7 Å². The molecule has 0 aliphatic heterocycles. The van der Waals surface area contributed by atoms with Crippen molar-refractivity contribution < 1.29 is 5.11 Å². The first-order valence-corrected chi connectivity index (χ1v) is 5.31. The second-order valence-electron chi connectivity index (χ2n) is 3.31. The van der Waals surface area contributed by atoms with Crippen molar-refractivity contribution in [3.05, 3.63) is 23.4 Å². The third-order valence-corrected chi connectivity index (χ3v) is 2.10. The van der Waals surface area contributed by atoms with Crippen molar-refractivity contribution in [3.63, 3.8) is 0 Å². The topological polar surface area (TPSA) is 57.2 Å². The molecule has 0 aliphatic rings. The van der Waals surface area contributed by atoms with Crippen molar-refractivity contribution >= 4 is 17.4 Å². The first-order valence-electron chi connectivity index (χ1n) is 4.93. The highest BCUT2D eigenvalue weighted by atomic mass is 35.5. The minimum absolute atomic E-state index is 0.316. The summed E-state index contributed by atoms with van der Waals surface area (Å²) in [6, 6.07) is 3.58. The van der Waals surface area contributed by atoms with E-state index < -0.39 is 0 Å². The standard InChI is InChI=1S/C10H16ClN3O/c1-8(15)7-12-5-6-14-10-9(11)3-2-4-13-10/h2-4,8,12,15H,5-7H2,1H3,(H,13,14). The summed E-state index contributed by atoms with van der Waals surface area (Å²) in [6.45, 7) is 3.83. The highest BCUT2D eigenvalue weighted by Gasteiger charge is 1.98. The zero-order valence-electron chi connectivity index (χ0n) is 8.70. The predicted octanol–water partition coefficient (Wildman–Crippen LogP) is 1.12. The number of aromatic nitrogens is 1. The lowest BCUT2D eigenvalue weighted by molar-refractivity contribution is 0.192. The molecule has 0 spiro atoms. The second kappa shape index (κ2) is 6.61. The molecule has 1 atom stereocenters. The average Bonchev–Trinajstić information content (AvgIpc) is 2.20. The maximum Gasteiger partial charge on any atom is 0.144 e. The summed E-state index contributed by atoms with van der Waals surface area (Å²) < 4.78 is 0. The first kappa shape index (κ1) is 12.2. The number of anilines is 1. The van der Waals surface area contributed by atoms with Crippen LogP contribution in [0.5, 0.6) is 0 Å². The van der Waals surface area contributed by atoms with E-state index in [2.05, 4.69) is 15.6 Å². The maximum atomic E-state index is 9.00. The molecular weight excluding hydrogens is 214 g/mol. The third kappa shape index (κ3) is 4.97. The van der Waals surface area contributed by atoms with E-state index in [1.165, 1.54) is 0 Å². The quantitative estimate of drug-likeness (QED) is 0.640. The van der Waals surface area contributed by atoms with E-state index >= 15 is 0 Å². The lowest BCUT2D eigenvalue weighted by Gasteiger charge is -2.09. The molecule has 3 N–H and O–H groups in total. The van der Waals surface area contributed by atoms with Gasteiger partial charge >= 0.3 is 0 Å². The Kier molecular flexibility index (Phi) is 5.39. The molecule has 0 saturated heterocycles. The van der Waals surface area contributed by atoms with Gasteiger partial charge in [0.1, 0.15) is 5.82 Å². The molecule has 0 radical (unpaired) electrons. The number of nitrogens with zero attached hydrogens (tertiary/aromatic N) is 1. The maximum absolute atomic E-state index is 9.00. The molecule has 1 aromatic rings. The fourth-order valence-electron chi connectivity index (χ4n) is 1.10. The van der Waals surface area contributed by atoms with Crippen LogP contribution < -0.4 is 10.6 Å². The monoisotopic (exact) mass is 229 g/mol. The van der Waals surface area contributed by atoms with E-state index in [-0.39, 0.29) is 6.10 Å². The highest BCUT2D eigenvalue weighted by Crippen LogP contribution is 2.16. The molecule has 84 valence electrons. The fraction of sp³-hybridized carbons (Fsp3) is 0.500. The number of aliphatic hydroxyl groups excluding tert-OH is 1. The van der Waals surface area contributed by atoms with Crippen molar-refractivity contribution in [1.82, 2.24) is 10.3 Å². The lowest BCUT2D eigenvalue weighted by atomic mass is 10.4. The van der Waals surface area contributed by atoms with Gasteiger partial charge in [0, 0.05) is 25.8 Å². The van der Waals surface area contributed by atoms with Crippen molar-refractivity contribution in [1.29, 1.82) is 0 Å². The van der Waals surface area contributed by atoms with Crippen LogP contribution in [0.3, 0.4) is 0 Å². The van der Waals surface area contributed by atoms with Crippen molar-refractivity contribution in [3.8, 4) is 0 Å². The molecule has 1 unspecified atom stereocenters. The Balaban J connectivity index is 2.18. The molecule has 0 aliphatic carbocycles. The van der Waals surface area contributed by atoms with Gasteiger partial charge in [-0.3, -0.25) is 0 Å². The third-order valence-electron chi connectivity index (χ3n) is 1.79. The minimum Gasteiger partial charge on any atom is -0.392 e. The largest absolute Gasteiger partial charge is 0.392 e. The van der Waals surface area contributed by atoms with Crippen LogP contribution in [0.15, 0.2) is 18.3 Å². The first-order chi connectivity index (χ1) is 7.20. The summed E-state index contributed by atoms with van der Waals surface area (Å²) in [5.74, 6) is 0.693. The van der Waals surface area contributed by atoms with Gasteiger partial charge in [0.25, 0.3) is 0 Å². The predicted molar refractivity (Wildman–Crippen MR) is 62.3 cm³/mol. The summed E-state index contributed by atoms with van der Waals surface area (Å²) in [5, 5.41) is 15.8. The van der Waals surface area contributed by atoms with Gasteiger partial charge in [0.2, 0.25) is 0 Å². The van der Waals surface area contributed by atoms with E-state index in [4.69, 9.17) is 16.7 Å². The van der Waals surface area contributed by atoms with Crippen LogP contribution in [0.2, 0.25) is 5.02 Å². The Hall–Kier alpha value is -0.840. The molecule has 0 bridgehead atoms. The smallest absolute Gasteiger partial charge is 0.144 e. The van der Waals surface area contributed by atoms with Gasteiger partial charge in [-0.2, -0.15) is 0 Å². The number of pyridine rings is 1. The second-order valence-corrected chi connectivity index (χ2v) is 3.72.